The summed E-state index contributed by atoms with van der Waals surface area (Å²) in [6.45, 7) is 8.50. The van der Waals surface area contributed by atoms with E-state index in [1.54, 1.807) is 6.07 Å². The average molecular weight is 414 g/mol. The molecule has 0 spiro atoms. The summed E-state index contributed by atoms with van der Waals surface area (Å²) in [4.78, 5) is 23.1. The Kier molecular flexibility index (Phi) is 6.24. The number of hydrogen-bond donors (Lipinski definition) is 1. The van der Waals surface area contributed by atoms with Crippen molar-refractivity contribution in [2.24, 2.45) is 5.92 Å². The number of amides is 1. The molecular formula is C22H27FN4O3. The molecule has 2 aliphatic rings. The van der Waals surface area contributed by atoms with Crippen LogP contribution in [0.2, 0.25) is 0 Å². The zero-order valence-electron chi connectivity index (χ0n) is 17.4. The van der Waals surface area contributed by atoms with E-state index in [9.17, 15) is 9.18 Å². The van der Waals surface area contributed by atoms with Gasteiger partial charge in [0.05, 0.1) is 19.1 Å². The van der Waals surface area contributed by atoms with Crippen molar-refractivity contribution in [3.63, 3.8) is 0 Å². The molecule has 30 heavy (non-hydrogen) atoms. The smallest absolute Gasteiger partial charge is 0.230 e. The van der Waals surface area contributed by atoms with Crippen molar-refractivity contribution >= 4 is 11.6 Å². The number of carbonyl (C=O) groups is 1. The van der Waals surface area contributed by atoms with Gasteiger partial charge in [-0.1, -0.05) is 0 Å². The van der Waals surface area contributed by atoms with Crippen LogP contribution in [-0.2, 0) is 9.53 Å². The molecule has 1 aromatic carbocycles. The molecule has 2 aromatic rings. The van der Waals surface area contributed by atoms with Gasteiger partial charge in [0.25, 0.3) is 0 Å². The summed E-state index contributed by atoms with van der Waals surface area (Å²) in [5, 5.41) is 2.82. The van der Waals surface area contributed by atoms with Gasteiger partial charge < -0.3 is 14.8 Å². The third kappa shape index (κ3) is 4.76. The number of rotatable bonds is 7. The SMILES string of the molecule is Cc1ncnc(C)c1-c1cc(NC(=O)C2CC2F)ccc1OCCN1CCOCC1. The van der Waals surface area contributed by atoms with Gasteiger partial charge in [-0.15, -0.1) is 0 Å². The number of halogens is 1. The highest BCUT2D eigenvalue weighted by molar-refractivity contribution is 5.95. The summed E-state index contributed by atoms with van der Waals surface area (Å²) in [5.74, 6) is -0.120. The first-order chi connectivity index (χ1) is 14.5. The molecule has 2 atom stereocenters. The lowest BCUT2D eigenvalue weighted by Gasteiger charge is -2.26. The number of aryl methyl sites for hydroxylation is 2. The van der Waals surface area contributed by atoms with E-state index < -0.39 is 12.1 Å². The maximum atomic E-state index is 13.2. The van der Waals surface area contributed by atoms with E-state index in [0.717, 1.165) is 55.4 Å². The van der Waals surface area contributed by atoms with E-state index in [2.05, 4.69) is 20.2 Å². The minimum absolute atomic E-state index is 0.285. The molecule has 4 rings (SSSR count). The first-order valence-electron chi connectivity index (χ1n) is 10.3. The second-order valence-electron chi connectivity index (χ2n) is 7.78. The highest BCUT2D eigenvalue weighted by Crippen LogP contribution is 2.37. The summed E-state index contributed by atoms with van der Waals surface area (Å²) in [6.07, 6.45) is 0.804. The van der Waals surface area contributed by atoms with E-state index in [-0.39, 0.29) is 5.91 Å². The third-order valence-corrected chi connectivity index (χ3v) is 5.56. The fourth-order valence-electron chi connectivity index (χ4n) is 3.69. The Morgan fingerprint density at radius 1 is 1.27 bits per heavy atom. The van der Waals surface area contributed by atoms with Gasteiger partial charge in [-0.3, -0.25) is 9.69 Å². The monoisotopic (exact) mass is 414 g/mol. The molecular weight excluding hydrogens is 387 g/mol. The van der Waals surface area contributed by atoms with E-state index in [1.807, 2.05) is 26.0 Å². The second-order valence-corrected chi connectivity index (χ2v) is 7.78. The predicted octanol–water partition coefficient (Wildman–Crippen LogP) is 2.77. The molecule has 160 valence electrons. The normalized spacial score (nSPS) is 21.3. The number of alkyl halides is 1. The van der Waals surface area contributed by atoms with Crippen LogP contribution in [0.4, 0.5) is 10.1 Å². The Morgan fingerprint density at radius 2 is 1.97 bits per heavy atom. The van der Waals surface area contributed by atoms with Crippen molar-refractivity contribution in [1.82, 2.24) is 14.9 Å². The first kappa shape index (κ1) is 20.7. The van der Waals surface area contributed by atoms with Crippen LogP contribution < -0.4 is 10.1 Å². The maximum absolute atomic E-state index is 13.2. The third-order valence-electron chi connectivity index (χ3n) is 5.56. The minimum atomic E-state index is -1.03. The molecule has 1 aliphatic heterocycles. The van der Waals surface area contributed by atoms with Crippen LogP contribution in [-0.4, -0.2) is 66.4 Å². The van der Waals surface area contributed by atoms with Crippen molar-refractivity contribution in [3.8, 4) is 16.9 Å². The Bertz CT molecular complexity index is 897. The molecule has 0 bridgehead atoms. The maximum Gasteiger partial charge on any atom is 0.230 e. The minimum Gasteiger partial charge on any atom is -0.492 e. The Labute approximate surface area is 175 Å². The largest absolute Gasteiger partial charge is 0.492 e. The molecule has 7 nitrogen and oxygen atoms in total. The number of carbonyl (C=O) groups excluding carboxylic acids is 1. The van der Waals surface area contributed by atoms with Crippen LogP contribution >= 0.6 is 0 Å². The molecule has 1 saturated heterocycles. The summed E-state index contributed by atoms with van der Waals surface area (Å²) < 4.78 is 24.7. The van der Waals surface area contributed by atoms with Crippen LogP contribution in [0.25, 0.3) is 11.1 Å². The predicted molar refractivity (Wildman–Crippen MR) is 111 cm³/mol. The summed E-state index contributed by atoms with van der Waals surface area (Å²) in [6, 6.07) is 5.49. The molecule has 2 unspecified atom stereocenters. The molecule has 1 aliphatic carbocycles. The standard InChI is InChI=1S/C22H27FN4O3/c1-14-21(15(2)25-13-24-14)18-11-16(26-22(28)17-12-19(17)23)3-4-20(18)30-10-7-27-5-8-29-9-6-27/h3-4,11,13,17,19H,5-10,12H2,1-2H3,(H,26,28). The van der Waals surface area contributed by atoms with Crippen molar-refractivity contribution in [1.29, 1.82) is 0 Å². The van der Waals surface area contributed by atoms with Crippen LogP contribution in [0.15, 0.2) is 24.5 Å². The highest BCUT2D eigenvalue weighted by Gasteiger charge is 2.43. The number of nitrogens with zero attached hydrogens (tertiary/aromatic N) is 3. The highest BCUT2D eigenvalue weighted by atomic mass is 19.1. The lowest BCUT2D eigenvalue weighted by Crippen LogP contribution is -2.38. The molecule has 1 aromatic heterocycles. The Balaban J connectivity index is 1.55. The summed E-state index contributed by atoms with van der Waals surface area (Å²) in [5.41, 5.74) is 3.96. The zero-order chi connectivity index (χ0) is 21.1. The Hall–Kier alpha value is -2.58. The number of nitrogens with one attached hydrogen (secondary N) is 1. The van der Waals surface area contributed by atoms with Crippen LogP contribution in [0.5, 0.6) is 5.75 Å². The van der Waals surface area contributed by atoms with Gasteiger partial charge in [-0.05, 0) is 38.5 Å². The lowest BCUT2D eigenvalue weighted by atomic mass is 10.0. The Morgan fingerprint density at radius 3 is 2.63 bits per heavy atom. The van der Waals surface area contributed by atoms with Gasteiger partial charge in [-0.25, -0.2) is 14.4 Å². The van der Waals surface area contributed by atoms with Crippen LogP contribution in [0, 0.1) is 19.8 Å². The van der Waals surface area contributed by atoms with Gasteiger partial charge >= 0.3 is 0 Å². The van der Waals surface area contributed by atoms with Crippen LogP contribution in [0.3, 0.4) is 0 Å². The van der Waals surface area contributed by atoms with E-state index in [4.69, 9.17) is 9.47 Å². The molecule has 1 saturated carbocycles. The van der Waals surface area contributed by atoms with E-state index in [1.165, 1.54) is 6.33 Å². The topological polar surface area (TPSA) is 76.6 Å². The molecule has 0 radical (unpaired) electrons. The van der Waals surface area contributed by atoms with Gasteiger partial charge in [0.15, 0.2) is 0 Å². The summed E-state index contributed by atoms with van der Waals surface area (Å²) in [7, 11) is 0. The average Bonchev–Trinajstić information content (AvgIpc) is 3.47. The lowest BCUT2D eigenvalue weighted by molar-refractivity contribution is -0.117. The zero-order valence-corrected chi connectivity index (χ0v) is 17.4. The van der Waals surface area contributed by atoms with Gasteiger partial charge in [0.2, 0.25) is 5.91 Å². The van der Waals surface area contributed by atoms with Crippen molar-refractivity contribution in [3.05, 3.63) is 35.9 Å². The number of hydrogen-bond acceptors (Lipinski definition) is 6. The first-order valence-corrected chi connectivity index (χ1v) is 10.3. The number of aromatic nitrogens is 2. The number of benzene rings is 1. The molecule has 2 fully saturated rings. The van der Waals surface area contributed by atoms with E-state index >= 15 is 0 Å². The number of anilines is 1. The quantitative estimate of drug-likeness (QED) is 0.751. The molecule has 8 heteroatoms. The van der Waals surface area contributed by atoms with Crippen molar-refractivity contribution < 1.29 is 18.7 Å². The molecule has 1 N–H and O–H groups in total. The summed E-state index contributed by atoms with van der Waals surface area (Å²) >= 11 is 0. The number of ether oxygens (including phenoxy) is 2. The van der Waals surface area contributed by atoms with Crippen molar-refractivity contribution in [2.75, 3.05) is 44.8 Å². The molecule has 2 heterocycles. The van der Waals surface area contributed by atoms with Gasteiger partial charge in [0, 0.05) is 47.8 Å². The second kappa shape index (κ2) is 9.06. The fourth-order valence-corrected chi connectivity index (χ4v) is 3.69. The number of morpholine rings is 1. The molecule has 1 amide bonds. The van der Waals surface area contributed by atoms with Crippen LogP contribution in [0.1, 0.15) is 17.8 Å². The van der Waals surface area contributed by atoms with Gasteiger partial charge in [0.1, 0.15) is 24.9 Å². The van der Waals surface area contributed by atoms with E-state index in [0.29, 0.717) is 24.5 Å². The fraction of sp³-hybridized carbons (Fsp3) is 0.500. The van der Waals surface area contributed by atoms with Gasteiger partial charge in [-0.2, -0.15) is 0 Å². The van der Waals surface area contributed by atoms with Crippen molar-refractivity contribution in [2.45, 2.75) is 26.4 Å².